The zero-order valence-corrected chi connectivity index (χ0v) is 9.69. The quantitative estimate of drug-likeness (QED) is 0.737. The van der Waals surface area contributed by atoms with E-state index in [9.17, 15) is 4.79 Å². The third-order valence-electron chi connectivity index (χ3n) is 3.21. The van der Waals surface area contributed by atoms with Gasteiger partial charge in [-0.1, -0.05) is 6.42 Å². The molecule has 0 saturated carbocycles. The van der Waals surface area contributed by atoms with Crippen molar-refractivity contribution in [1.82, 2.24) is 19.6 Å². The van der Waals surface area contributed by atoms with Gasteiger partial charge in [0.1, 0.15) is 0 Å². The van der Waals surface area contributed by atoms with E-state index in [1.807, 2.05) is 0 Å². The average Bonchev–Trinajstić information content (AvgIpc) is 2.58. The van der Waals surface area contributed by atoms with E-state index >= 15 is 0 Å². The van der Waals surface area contributed by atoms with Crippen molar-refractivity contribution in [3.63, 3.8) is 0 Å². The summed E-state index contributed by atoms with van der Waals surface area (Å²) in [6.07, 6.45) is 5.01. The molecule has 1 aliphatic carbocycles. The number of aromatic nitrogens is 4. The highest BCUT2D eigenvalue weighted by atomic mass is 16.5. The molecule has 1 N–H and O–H groups in total. The molecule has 6 nitrogen and oxygen atoms in total. The third kappa shape index (κ3) is 1.60. The number of nitrogens with zero attached hydrogens (tertiary/aromatic N) is 3. The zero-order valence-electron chi connectivity index (χ0n) is 9.69. The van der Waals surface area contributed by atoms with E-state index in [1.54, 1.807) is 4.52 Å². The van der Waals surface area contributed by atoms with Gasteiger partial charge in [-0.05, 0) is 25.7 Å². The van der Waals surface area contributed by atoms with Crippen LogP contribution in [0.3, 0.4) is 0 Å². The second-order valence-corrected chi connectivity index (χ2v) is 4.27. The molecule has 0 spiro atoms. The average molecular weight is 234 g/mol. The third-order valence-corrected chi connectivity index (χ3v) is 3.21. The number of rotatable bonds is 1. The van der Waals surface area contributed by atoms with Crippen LogP contribution in [-0.2, 0) is 12.8 Å². The van der Waals surface area contributed by atoms with Crippen molar-refractivity contribution < 1.29 is 4.74 Å². The molecular formula is C11H14N4O2. The number of ether oxygens (including phenoxy) is 1. The van der Waals surface area contributed by atoms with Crippen LogP contribution in [0.25, 0.3) is 5.78 Å². The van der Waals surface area contributed by atoms with Gasteiger partial charge in [-0.3, -0.25) is 9.78 Å². The van der Waals surface area contributed by atoms with Gasteiger partial charge in [-0.2, -0.15) is 9.50 Å². The van der Waals surface area contributed by atoms with Crippen molar-refractivity contribution >= 4 is 5.78 Å². The van der Waals surface area contributed by atoms with Crippen molar-refractivity contribution in [2.24, 2.45) is 0 Å². The summed E-state index contributed by atoms with van der Waals surface area (Å²) in [5, 5.41) is 4.24. The molecule has 1 aliphatic rings. The largest absolute Gasteiger partial charge is 0.466 e. The summed E-state index contributed by atoms with van der Waals surface area (Å²) < 4.78 is 6.71. The molecule has 17 heavy (non-hydrogen) atoms. The van der Waals surface area contributed by atoms with Crippen LogP contribution in [0.4, 0.5) is 0 Å². The van der Waals surface area contributed by atoms with Crippen LogP contribution in [0.1, 0.15) is 30.5 Å². The Bertz CT molecular complexity index is 614. The summed E-state index contributed by atoms with van der Waals surface area (Å²) >= 11 is 0. The molecular weight excluding hydrogens is 220 g/mol. The molecule has 2 heterocycles. The number of aryl methyl sites for hydroxylation is 1. The number of hydrogen-bond acceptors (Lipinski definition) is 4. The SMILES string of the molecule is COc1nc2[nH]c(=O)c3c(n2n1)CCCCC3. The molecule has 0 fully saturated rings. The van der Waals surface area contributed by atoms with Gasteiger partial charge < -0.3 is 4.74 Å². The minimum Gasteiger partial charge on any atom is -0.466 e. The molecule has 0 bridgehead atoms. The highest BCUT2D eigenvalue weighted by Crippen LogP contribution is 2.18. The van der Waals surface area contributed by atoms with Gasteiger partial charge in [0.05, 0.1) is 12.8 Å². The Hall–Kier alpha value is -1.85. The maximum absolute atomic E-state index is 12.0. The summed E-state index contributed by atoms with van der Waals surface area (Å²) in [6.45, 7) is 0. The van der Waals surface area contributed by atoms with Crippen molar-refractivity contribution in [2.45, 2.75) is 32.1 Å². The Morgan fingerprint density at radius 1 is 1.29 bits per heavy atom. The fourth-order valence-corrected chi connectivity index (χ4v) is 2.37. The summed E-state index contributed by atoms with van der Waals surface area (Å²) in [6, 6.07) is 0.290. The first-order valence-corrected chi connectivity index (χ1v) is 5.84. The topological polar surface area (TPSA) is 72.3 Å². The maximum atomic E-state index is 12.0. The summed E-state index contributed by atoms with van der Waals surface area (Å²) in [7, 11) is 1.52. The fraction of sp³-hybridized carbons (Fsp3) is 0.545. The maximum Gasteiger partial charge on any atom is 0.337 e. The molecule has 6 heteroatoms. The predicted octanol–water partition coefficient (Wildman–Crippen LogP) is 0.695. The normalized spacial score (nSPS) is 15.6. The lowest BCUT2D eigenvalue weighted by Crippen LogP contribution is -2.19. The Kier molecular flexibility index (Phi) is 2.35. The van der Waals surface area contributed by atoms with Crippen molar-refractivity contribution in [3.8, 4) is 6.01 Å². The minimum absolute atomic E-state index is 0.0375. The molecule has 0 aliphatic heterocycles. The monoisotopic (exact) mass is 234 g/mol. The van der Waals surface area contributed by atoms with Crippen LogP contribution in [0.15, 0.2) is 4.79 Å². The van der Waals surface area contributed by atoms with Crippen LogP contribution in [0, 0.1) is 0 Å². The van der Waals surface area contributed by atoms with Crippen LogP contribution in [0.5, 0.6) is 6.01 Å². The minimum atomic E-state index is -0.0375. The van der Waals surface area contributed by atoms with Gasteiger partial charge in [0.2, 0.25) is 5.78 Å². The number of hydrogen-bond donors (Lipinski definition) is 1. The van der Waals surface area contributed by atoms with E-state index in [4.69, 9.17) is 4.74 Å². The van der Waals surface area contributed by atoms with Gasteiger partial charge in [-0.25, -0.2) is 0 Å². The Morgan fingerprint density at radius 2 is 2.12 bits per heavy atom. The van der Waals surface area contributed by atoms with E-state index in [1.165, 1.54) is 7.11 Å². The molecule has 0 atom stereocenters. The second kappa shape index (κ2) is 3.87. The summed E-state index contributed by atoms with van der Waals surface area (Å²) in [5.74, 6) is 0.465. The molecule has 3 rings (SSSR count). The smallest absolute Gasteiger partial charge is 0.337 e. The first-order chi connectivity index (χ1) is 8.29. The van der Waals surface area contributed by atoms with E-state index < -0.39 is 0 Å². The van der Waals surface area contributed by atoms with Crippen LogP contribution in [0.2, 0.25) is 0 Å². The van der Waals surface area contributed by atoms with Gasteiger partial charge in [0.25, 0.3) is 5.56 Å². The molecule has 0 unspecified atom stereocenters. The highest BCUT2D eigenvalue weighted by Gasteiger charge is 2.17. The van der Waals surface area contributed by atoms with E-state index in [-0.39, 0.29) is 5.56 Å². The predicted molar refractivity (Wildman–Crippen MR) is 61.4 cm³/mol. The van der Waals surface area contributed by atoms with Gasteiger partial charge in [0, 0.05) is 5.56 Å². The summed E-state index contributed by atoms with van der Waals surface area (Å²) in [5.41, 5.74) is 1.80. The molecule has 90 valence electrons. The van der Waals surface area contributed by atoms with E-state index in [0.717, 1.165) is 43.4 Å². The lowest BCUT2D eigenvalue weighted by atomic mass is 10.1. The van der Waals surface area contributed by atoms with Crippen molar-refractivity contribution in [2.75, 3.05) is 7.11 Å². The number of aromatic amines is 1. The standard InChI is InChI=1S/C11H14N4O2/c1-17-11-13-10-12-9(16)7-5-3-2-4-6-8(7)15(10)14-11/h2-6H2,1H3,(H,12,13,14,16). The number of fused-ring (bicyclic) bond motifs is 3. The zero-order chi connectivity index (χ0) is 11.8. The molecule has 0 aromatic carbocycles. The number of H-pyrrole nitrogens is 1. The molecule has 0 amide bonds. The Balaban J connectivity index is 2.31. The van der Waals surface area contributed by atoms with Crippen molar-refractivity contribution in [3.05, 3.63) is 21.6 Å². The molecule has 2 aromatic heterocycles. The lowest BCUT2D eigenvalue weighted by molar-refractivity contribution is 0.380. The van der Waals surface area contributed by atoms with E-state index in [2.05, 4.69) is 15.1 Å². The molecule has 0 saturated heterocycles. The Labute approximate surface area is 97.6 Å². The van der Waals surface area contributed by atoms with Gasteiger partial charge in [-0.15, -0.1) is 5.10 Å². The van der Waals surface area contributed by atoms with Gasteiger partial charge >= 0.3 is 6.01 Å². The second-order valence-electron chi connectivity index (χ2n) is 4.27. The molecule has 0 radical (unpaired) electrons. The first-order valence-electron chi connectivity index (χ1n) is 5.84. The van der Waals surface area contributed by atoms with Crippen LogP contribution in [-0.4, -0.2) is 26.7 Å². The number of nitrogens with one attached hydrogen (secondary N) is 1. The van der Waals surface area contributed by atoms with Crippen LogP contribution >= 0.6 is 0 Å². The Morgan fingerprint density at radius 3 is 2.94 bits per heavy atom. The molecule has 2 aromatic rings. The van der Waals surface area contributed by atoms with Crippen LogP contribution < -0.4 is 10.3 Å². The van der Waals surface area contributed by atoms with Gasteiger partial charge in [0.15, 0.2) is 0 Å². The lowest BCUT2D eigenvalue weighted by Gasteiger charge is -2.05. The van der Waals surface area contributed by atoms with E-state index in [0.29, 0.717) is 11.8 Å². The summed E-state index contributed by atoms with van der Waals surface area (Å²) in [4.78, 5) is 18.8. The fourth-order valence-electron chi connectivity index (χ4n) is 2.37. The van der Waals surface area contributed by atoms with Crippen molar-refractivity contribution in [1.29, 1.82) is 0 Å². The number of methoxy groups -OCH3 is 1. The first kappa shape index (κ1) is 10.3. The highest BCUT2D eigenvalue weighted by molar-refractivity contribution is 5.34.